The molecular weight excluding hydrogens is 564 g/mol. The highest BCUT2D eigenvalue weighted by Crippen LogP contribution is 2.55. The molecule has 0 N–H and O–H groups in total. The number of aromatic nitrogens is 2. The summed E-state index contributed by atoms with van der Waals surface area (Å²) in [5, 5.41) is 11.3. The molecule has 2 nitrogen and oxygen atoms in total. The molecule has 0 saturated heterocycles. The highest BCUT2D eigenvalue weighted by atomic mass is 79.9. The lowest BCUT2D eigenvalue weighted by molar-refractivity contribution is 1.21. The van der Waals surface area contributed by atoms with Gasteiger partial charge in [-0.1, -0.05) is 16.6 Å². The summed E-state index contributed by atoms with van der Waals surface area (Å²) >= 11 is 16.2. The summed E-state index contributed by atoms with van der Waals surface area (Å²) in [6.07, 6.45) is 0. The van der Waals surface area contributed by atoms with Crippen molar-refractivity contribution in [3.63, 3.8) is 0 Å². The molecule has 132 valence electrons. The minimum atomic E-state index is 1.01. The zero-order valence-electron chi connectivity index (χ0n) is 13.2. The maximum Gasteiger partial charge on any atom is 0.124 e. The summed E-state index contributed by atoms with van der Waals surface area (Å²) in [5.74, 6) is 0. The fraction of sp³-hybridized carbons (Fsp3) is 0. The average Bonchev–Trinajstić information content (AvgIpc) is 3.46. The molecule has 0 saturated carbocycles. The maximum absolute atomic E-state index is 4.52. The quantitative estimate of drug-likeness (QED) is 0.208. The monoisotopic (exact) mass is 568 g/mol. The third-order valence-electron chi connectivity index (χ3n) is 4.39. The fourth-order valence-corrected chi connectivity index (χ4v) is 9.83. The van der Waals surface area contributed by atoms with Gasteiger partial charge in [0, 0.05) is 30.8 Å². The van der Waals surface area contributed by atoms with Crippen LogP contribution in [0.3, 0.4) is 0 Å². The number of fused-ring (bicyclic) bond motifs is 6. The van der Waals surface area contributed by atoms with E-state index in [-0.39, 0.29) is 0 Å². The van der Waals surface area contributed by atoms with Crippen molar-refractivity contribution in [2.24, 2.45) is 0 Å². The number of hydrogen-bond donors (Lipinski definition) is 0. The molecule has 5 heterocycles. The number of rotatable bonds is 2. The molecule has 0 radical (unpaired) electrons. The first-order chi connectivity index (χ1) is 13.2. The number of hydrogen-bond acceptors (Lipinski definition) is 7. The SMILES string of the molecule is Brc1sc2c(c1Br)c1snnc1c1sc(-c3cccs3)c(-c3cccs3)c12. The number of halogens is 2. The Morgan fingerprint density at radius 1 is 0.815 bits per heavy atom. The standard InChI is InChI=1S/C18H6Br2N2S5/c19-12-11-15(26-18(12)20)10-9(7-3-1-5-23-7)14(8-4-2-6-24-8)25-16(10)13-17(11)27-22-21-13/h1-6H. The third kappa shape index (κ3) is 2.43. The molecule has 0 amide bonds. The summed E-state index contributed by atoms with van der Waals surface area (Å²) in [5.41, 5.74) is 2.34. The van der Waals surface area contributed by atoms with Gasteiger partial charge in [0.15, 0.2) is 0 Å². The van der Waals surface area contributed by atoms with Gasteiger partial charge < -0.3 is 0 Å². The lowest BCUT2D eigenvalue weighted by Crippen LogP contribution is -1.77. The number of nitrogens with zero attached hydrogens (tertiary/aromatic N) is 2. The molecule has 0 aliphatic heterocycles. The van der Waals surface area contributed by atoms with Crippen molar-refractivity contribution >= 4 is 119 Å². The van der Waals surface area contributed by atoms with Gasteiger partial charge in [-0.3, -0.25) is 0 Å². The van der Waals surface area contributed by atoms with E-state index < -0.39 is 0 Å². The minimum absolute atomic E-state index is 1.01. The molecule has 0 unspecified atom stereocenters. The van der Waals surface area contributed by atoms with E-state index in [4.69, 9.17) is 0 Å². The Labute approximate surface area is 190 Å². The van der Waals surface area contributed by atoms with E-state index in [9.17, 15) is 0 Å². The van der Waals surface area contributed by atoms with Gasteiger partial charge in [-0.15, -0.1) is 50.4 Å². The van der Waals surface area contributed by atoms with Crippen molar-refractivity contribution in [3.8, 4) is 20.2 Å². The van der Waals surface area contributed by atoms with E-state index in [0.717, 1.165) is 18.5 Å². The first-order valence-electron chi connectivity index (χ1n) is 7.80. The second kappa shape index (κ2) is 6.41. The first-order valence-corrected chi connectivity index (χ1v) is 13.5. The van der Waals surface area contributed by atoms with Gasteiger partial charge in [-0.2, -0.15) is 0 Å². The van der Waals surface area contributed by atoms with Crippen molar-refractivity contribution in [2.75, 3.05) is 0 Å². The van der Waals surface area contributed by atoms with Crippen molar-refractivity contribution in [2.45, 2.75) is 0 Å². The van der Waals surface area contributed by atoms with Crippen LogP contribution in [0.1, 0.15) is 0 Å². The van der Waals surface area contributed by atoms with Crippen LogP contribution in [0.2, 0.25) is 0 Å². The summed E-state index contributed by atoms with van der Waals surface area (Å²) in [6, 6.07) is 8.68. The van der Waals surface area contributed by atoms with Crippen LogP contribution >= 0.6 is 88.7 Å². The summed E-state index contributed by atoms with van der Waals surface area (Å²) in [7, 11) is 0. The van der Waals surface area contributed by atoms with Crippen molar-refractivity contribution in [1.29, 1.82) is 0 Å². The molecule has 6 aromatic rings. The predicted molar refractivity (Wildman–Crippen MR) is 130 cm³/mol. The lowest BCUT2D eigenvalue weighted by Gasteiger charge is -2.02. The molecule has 0 bridgehead atoms. The second-order valence-corrected chi connectivity index (χ2v) is 12.6. The Bertz CT molecular complexity index is 1440. The van der Waals surface area contributed by atoms with E-state index in [2.05, 4.69) is 76.5 Å². The zero-order valence-corrected chi connectivity index (χ0v) is 20.4. The molecular formula is C18H6Br2N2S5. The van der Waals surface area contributed by atoms with Crippen molar-refractivity contribution < 1.29 is 0 Å². The van der Waals surface area contributed by atoms with Crippen molar-refractivity contribution in [1.82, 2.24) is 9.59 Å². The molecule has 5 aromatic heterocycles. The molecule has 6 rings (SSSR count). The van der Waals surface area contributed by atoms with Crippen LogP contribution in [0.25, 0.3) is 50.6 Å². The molecule has 0 fully saturated rings. The summed E-state index contributed by atoms with van der Waals surface area (Å²) < 4.78 is 10.2. The van der Waals surface area contributed by atoms with Crippen LogP contribution in [-0.4, -0.2) is 9.59 Å². The topological polar surface area (TPSA) is 25.8 Å². The van der Waals surface area contributed by atoms with Crippen LogP contribution in [-0.2, 0) is 0 Å². The Hall–Kier alpha value is -0.680. The normalized spacial score (nSPS) is 12.1. The molecule has 0 atom stereocenters. The molecule has 0 aliphatic carbocycles. The average molecular weight is 570 g/mol. The molecule has 1 aromatic carbocycles. The molecule has 27 heavy (non-hydrogen) atoms. The highest BCUT2D eigenvalue weighted by molar-refractivity contribution is 9.13. The number of thiophene rings is 4. The van der Waals surface area contributed by atoms with Crippen LogP contribution in [0.5, 0.6) is 0 Å². The number of benzene rings is 1. The van der Waals surface area contributed by atoms with Gasteiger partial charge in [0.05, 0.1) is 22.5 Å². The smallest absolute Gasteiger partial charge is 0.124 e. The first kappa shape index (κ1) is 17.2. The fourth-order valence-electron chi connectivity index (χ4n) is 3.32. The Morgan fingerprint density at radius 3 is 2.33 bits per heavy atom. The lowest BCUT2D eigenvalue weighted by atomic mass is 10.1. The largest absolute Gasteiger partial charge is 0.144 e. The molecule has 9 heteroatoms. The Morgan fingerprint density at radius 2 is 1.59 bits per heavy atom. The molecule has 0 spiro atoms. The van der Waals surface area contributed by atoms with E-state index in [1.54, 1.807) is 34.0 Å². The van der Waals surface area contributed by atoms with E-state index in [1.165, 1.54) is 51.9 Å². The van der Waals surface area contributed by atoms with Gasteiger partial charge in [-0.25, -0.2) is 0 Å². The summed E-state index contributed by atoms with van der Waals surface area (Å²) in [6.45, 7) is 0. The Balaban J connectivity index is 1.93. The third-order valence-corrected chi connectivity index (χ3v) is 11.7. The van der Waals surface area contributed by atoms with Crippen LogP contribution in [0.4, 0.5) is 0 Å². The molecule has 0 aliphatic rings. The second-order valence-electron chi connectivity index (χ2n) is 5.81. The highest BCUT2D eigenvalue weighted by Gasteiger charge is 2.26. The van der Waals surface area contributed by atoms with Crippen LogP contribution < -0.4 is 0 Å². The Kier molecular flexibility index (Phi) is 4.09. The maximum atomic E-state index is 4.52. The minimum Gasteiger partial charge on any atom is -0.144 e. The van der Waals surface area contributed by atoms with Gasteiger partial charge in [0.2, 0.25) is 0 Å². The van der Waals surface area contributed by atoms with E-state index in [0.29, 0.717) is 0 Å². The van der Waals surface area contributed by atoms with Crippen molar-refractivity contribution in [3.05, 3.63) is 43.3 Å². The van der Waals surface area contributed by atoms with Gasteiger partial charge in [-0.05, 0) is 66.3 Å². The summed E-state index contributed by atoms with van der Waals surface area (Å²) in [4.78, 5) is 3.93. The van der Waals surface area contributed by atoms with Crippen LogP contribution in [0.15, 0.2) is 43.3 Å². The van der Waals surface area contributed by atoms with Gasteiger partial charge in [0.25, 0.3) is 0 Å². The predicted octanol–water partition coefficient (Wildman–Crippen LogP) is 9.10. The van der Waals surface area contributed by atoms with Crippen LogP contribution in [0, 0.1) is 0 Å². The van der Waals surface area contributed by atoms with Gasteiger partial charge in [0.1, 0.15) is 5.52 Å². The van der Waals surface area contributed by atoms with E-state index in [1.807, 2.05) is 11.3 Å². The van der Waals surface area contributed by atoms with Gasteiger partial charge >= 0.3 is 0 Å². The zero-order chi connectivity index (χ0) is 18.1. The van der Waals surface area contributed by atoms with E-state index >= 15 is 0 Å².